The Morgan fingerprint density at radius 1 is 1.13 bits per heavy atom. The molecule has 82 valence electrons. The Kier molecular flexibility index (Phi) is 3.39. The van der Waals surface area contributed by atoms with Crippen LogP contribution in [0.25, 0.3) is 5.57 Å². The molecule has 1 aromatic carbocycles. The van der Waals surface area contributed by atoms with E-state index in [2.05, 4.69) is 0 Å². The zero-order chi connectivity index (χ0) is 11.6. The summed E-state index contributed by atoms with van der Waals surface area (Å²) in [4.78, 5) is 1.74. The van der Waals surface area contributed by atoms with Crippen molar-refractivity contribution in [1.82, 2.24) is 4.90 Å². The van der Waals surface area contributed by atoms with E-state index >= 15 is 0 Å². The van der Waals surface area contributed by atoms with Gasteiger partial charge in [0.15, 0.2) is 17.5 Å². The van der Waals surface area contributed by atoms with E-state index in [1.54, 1.807) is 32.1 Å². The van der Waals surface area contributed by atoms with E-state index in [9.17, 15) is 13.2 Å². The van der Waals surface area contributed by atoms with Gasteiger partial charge in [0.25, 0.3) is 0 Å². The quantitative estimate of drug-likeness (QED) is 0.685. The summed E-state index contributed by atoms with van der Waals surface area (Å²) in [6.07, 6.45) is 1.70. The topological polar surface area (TPSA) is 3.24 Å². The smallest absolute Gasteiger partial charge is 0.194 e. The van der Waals surface area contributed by atoms with Crippen molar-refractivity contribution < 1.29 is 13.2 Å². The molecule has 0 atom stereocenters. The van der Waals surface area contributed by atoms with E-state index in [0.29, 0.717) is 11.1 Å². The van der Waals surface area contributed by atoms with Crippen LogP contribution in [0.1, 0.15) is 12.5 Å². The SMILES string of the molecule is CC(=CN(C)C)c1cc(F)c(F)c(F)c1. The molecule has 0 heterocycles. The van der Waals surface area contributed by atoms with Crippen molar-refractivity contribution in [2.75, 3.05) is 14.1 Å². The van der Waals surface area contributed by atoms with Gasteiger partial charge < -0.3 is 4.90 Å². The number of nitrogens with zero attached hydrogens (tertiary/aromatic N) is 1. The largest absolute Gasteiger partial charge is 0.383 e. The Bertz CT molecular complexity index is 374. The highest BCUT2D eigenvalue weighted by Crippen LogP contribution is 2.19. The fourth-order valence-electron chi connectivity index (χ4n) is 1.25. The van der Waals surface area contributed by atoms with Crippen LogP contribution in [0.5, 0.6) is 0 Å². The van der Waals surface area contributed by atoms with Gasteiger partial charge in [0.1, 0.15) is 0 Å². The molecule has 0 N–H and O–H groups in total. The van der Waals surface area contributed by atoms with Gasteiger partial charge in [-0.1, -0.05) is 0 Å². The predicted molar refractivity (Wildman–Crippen MR) is 53.7 cm³/mol. The van der Waals surface area contributed by atoms with Crippen LogP contribution >= 0.6 is 0 Å². The van der Waals surface area contributed by atoms with Gasteiger partial charge in [-0.05, 0) is 30.2 Å². The van der Waals surface area contributed by atoms with Crippen molar-refractivity contribution in [3.05, 3.63) is 41.3 Å². The summed E-state index contributed by atoms with van der Waals surface area (Å²) < 4.78 is 38.4. The van der Waals surface area contributed by atoms with Crippen molar-refractivity contribution >= 4 is 5.57 Å². The van der Waals surface area contributed by atoms with Crippen LogP contribution < -0.4 is 0 Å². The van der Waals surface area contributed by atoms with E-state index in [0.717, 1.165) is 12.1 Å². The highest BCUT2D eigenvalue weighted by atomic mass is 19.2. The van der Waals surface area contributed by atoms with Gasteiger partial charge in [0.2, 0.25) is 0 Å². The van der Waals surface area contributed by atoms with E-state index < -0.39 is 17.5 Å². The minimum absolute atomic E-state index is 0.333. The van der Waals surface area contributed by atoms with Crippen LogP contribution in [0.15, 0.2) is 18.3 Å². The molecule has 0 amide bonds. The Hall–Kier alpha value is -1.45. The van der Waals surface area contributed by atoms with E-state index in [1.807, 2.05) is 0 Å². The Labute approximate surface area is 86.8 Å². The number of hydrogen-bond donors (Lipinski definition) is 0. The zero-order valence-electron chi connectivity index (χ0n) is 8.81. The Balaban J connectivity index is 3.17. The number of benzene rings is 1. The van der Waals surface area contributed by atoms with Crippen molar-refractivity contribution in [2.45, 2.75) is 6.92 Å². The normalized spacial score (nSPS) is 11.7. The molecule has 0 aliphatic carbocycles. The van der Waals surface area contributed by atoms with Gasteiger partial charge in [0, 0.05) is 20.3 Å². The van der Waals surface area contributed by atoms with Gasteiger partial charge in [0.05, 0.1) is 0 Å². The summed E-state index contributed by atoms with van der Waals surface area (Å²) in [7, 11) is 3.58. The van der Waals surface area contributed by atoms with Crippen LogP contribution in [0.4, 0.5) is 13.2 Å². The third-order valence-electron chi connectivity index (χ3n) is 1.89. The number of allylic oxidation sites excluding steroid dienone is 1. The molecule has 0 aliphatic rings. The van der Waals surface area contributed by atoms with Crippen LogP contribution in [-0.4, -0.2) is 19.0 Å². The van der Waals surface area contributed by atoms with Crippen molar-refractivity contribution in [2.24, 2.45) is 0 Å². The summed E-state index contributed by atoms with van der Waals surface area (Å²) in [5.41, 5.74) is 0.998. The van der Waals surface area contributed by atoms with Crippen LogP contribution in [-0.2, 0) is 0 Å². The first kappa shape index (κ1) is 11.6. The monoisotopic (exact) mass is 215 g/mol. The summed E-state index contributed by atoms with van der Waals surface area (Å²) in [5, 5.41) is 0. The van der Waals surface area contributed by atoms with Crippen LogP contribution in [0, 0.1) is 17.5 Å². The lowest BCUT2D eigenvalue weighted by molar-refractivity contribution is 0.446. The maximum absolute atomic E-state index is 12.9. The van der Waals surface area contributed by atoms with Crippen LogP contribution in [0.2, 0.25) is 0 Å². The molecule has 0 spiro atoms. The van der Waals surface area contributed by atoms with Gasteiger partial charge in [-0.25, -0.2) is 13.2 Å². The minimum Gasteiger partial charge on any atom is -0.383 e. The molecule has 0 aromatic heterocycles. The highest BCUT2D eigenvalue weighted by Gasteiger charge is 2.11. The first-order chi connectivity index (χ1) is 6.91. The molecular formula is C11H12F3N. The second kappa shape index (κ2) is 4.38. The van der Waals surface area contributed by atoms with E-state index in [1.165, 1.54) is 0 Å². The van der Waals surface area contributed by atoms with Crippen LogP contribution in [0.3, 0.4) is 0 Å². The third kappa shape index (κ3) is 2.75. The molecule has 0 bridgehead atoms. The molecule has 15 heavy (non-hydrogen) atoms. The van der Waals surface area contributed by atoms with Crippen molar-refractivity contribution in [3.63, 3.8) is 0 Å². The highest BCUT2D eigenvalue weighted by molar-refractivity contribution is 5.63. The van der Waals surface area contributed by atoms with E-state index in [4.69, 9.17) is 0 Å². The number of rotatable bonds is 2. The summed E-state index contributed by atoms with van der Waals surface area (Å²) in [6.45, 7) is 1.70. The second-order valence-corrected chi connectivity index (χ2v) is 3.53. The standard InChI is InChI=1S/C11H12F3N/c1-7(6-15(2)3)8-4-9(12)11(14)10(13)5-8/h4-6H,1-3H3. The molecule has 1 nitrogen and oxygen atoms in total. The molecule has 0 fully saturated rings. The summed E-state index contributed by atoms with van der Waals surface area (Å²) in [5.74, 6) is -3.77. The third-order valence-corrected chi connectivity index (χ3v) is 1.89. The summed E-state index contributed by atoms with van der Waals surface area (Å²) in [6, 6.07) is 1.96. The number of halogens is 3. The Morgan fingerprint density at radius 3 is 2.00 bits per heavy atom. The lowest BCUT2D eigenvalue weighted by atomic mass is 10.1. The first-order valence-corrected chi connectivity index (χ1v) is 4.41. The fraction of sp³-hybridized carbons (Fsp3) is 0.273. The molecular weight excluding hydrogens is 203 g/mol. The molecule has 0 unspecified atom stereocenters. The maximum Gasteiger partial charge on any atom is 0.194 e. The molecule has 1 aromatic rings. The van der Waals surface area contributed by atoms with Crippen molar-refractivity contribution in [1.29, 1.82) is 0 Å². The lowest BCUT2D eigenvalue weighted by Crippen LogP contribution is -2.02. The molecule has 1 rings (SSSR count). The minimum atomic E-state index is -1.43. The number of hydrogen-bond acceptors (Lipinski definition) is 1. The van der Waals surface area contributed by atoms with E-state index in [-0.39, 0.29) is 0 Å². The van der Waals surface area contributed by atoms with Gasteiger partial charge in [-0.15, -0.1) is 0 Å². The average Bonchev–Trinajstić information content (AvgIpc) is 2.12. The maximum atomic E-state index is 12.9. The lowest BCUT2D eigenvalue weighted by Gasteiger charge is -2.09. The predicted octanol–water partition coefficient (Wildman–Crippen LogP) is 3.03. The fourth-order valence-corrected chi connectivity index (χ4v) is 1.25. The molecule has 0 saturated carbocycles. The molecule has 0 saturated heterocycles. The summed E-state index contributed by atoms with van der Waals surface area (Å²) >= 11 is 0. The average molecular weight is 215 g/mol. The first-order valence-electron chi connectivity index (χ1n) is 4.41. The van der Waals surface area contributed by atoms with Gasteiger partial charge >= 0.3 is 0 Å². The Morgan fingerprint density at radius 2 is 1.60 bits per heavy atom. The zero-order valence-corrected chi connectivity index (χ0v) is 8.81. The molecule has 0 aliphatic heterocycles. The molecule has 0 radical (unpaired) electrons. The van der Waals surface area contributed by atoms with Gasteiger partial charge in [-0.3, -0.25) is 0 Å². The van der Waals surface area contributed by atoms with Crippen molar-refractivity contribution in [3.8, 4) is 0 Å². The molecule has 4 heteroatoms. The van der Waals surface area contributed by atoms with Gasteiger partial charge in [-0.2, -0.15) is 0 Å². The second-order valence-electron chi connectivity index (χ2n) is 3.53.